The van der Waals surface area contributed by atoms with Crippen molar-refractivity contribution in [2.75, 3.05) is 26.7 Å². The van der Waals surface area contributed by atoms with Crippen molar-refractivity contribution >= 4 is 11.3 Å². The molecule has 0 amide bonds. The standard InChI is InChI=1S/C18H32N2S/c1-5-19-13-18(10-6-8-15(2)12-18)14-20(4)16(3)17-9-7-11-21-17/h7,9,11,15-16,19H,5-6,8,10,12-14H2,1-4H3. The lowest BCUT2D eigenvalue weighted by Crippen LogP contribution is -2.46. The summed E-state index contributed by atoms with van der Waals surface area (Å²) in [6.07, 6.45) is 5.57. The molecule has 120 valence electrons. The van der Waals surface area contributed by atoms with E-state index in [1.807, 2.05) is 11.3 Å². The van der Waals surface area contributed by atoms with E-state index in [-0.39, 0.29) is 0 Å². The first-order valence-corrected chi connectivity index (χ1v) is 9.38. The molecule has 3 heteroatoms. The molecule has 1 heterocycles. The zero-order valence-electron chi connectivity index (χ0n) is 14.2. The summed E-state index contributed by atoms with van der Waals surface area (Å²) in [7, 11) is 2.30. The van der Waals surface area contributed by atoms with Gasteiger partial charge in [-0.15, -0.1) is 11.3 Å². The lowest BCUT2D eigenvalue weighted by atomic mass is 9.69. The van der Waals surface area contributed by atoms with Crippen LogP contribution >= 0.6 is 11.3 Å². The van der Waals surface area contributed by atoms with Crippen LogP contribution in [0.5, 0.6) is 0 Å². The first-order chi connectivity index (χ1) is 10.1. The number of nitrogens with zero attached hydrogens (tertiary/aromatic N) is 1. The summed E-state index contributed by atoms with van der Waals surface area (Å²) in [6.45, 7) is 10.5. The highest BCUT2D eigenvalue weighted by Gasteiger charge is 2.36. The first kappa shape index (κ1) is 17.0. The molecule has 0 spiro atoms. The van der Waals surface area contributed by atoms with Crippen molar-refractivity contribution in [2.45, 2.75) is 52.5 Å². The van der Waals surface area contributed by atoms with E-state index in [9.17, 15) is 0 Å². The smallest absolute Gasteiger partial charge is 0.0410 e. The minimum absolute atomic E-state index is 0.466. The molecule has 1 fully saturated rings. The maximum absolute atomic E-state index is 3.63. The number of hydrogen-bond acceptors (Lipinski definition) is 3. The molecular weight excluding hydrogens is 276 g/mol. The van der Waals surface area contributed by atoms with Crippen molar-refractivity contribution in [3.05, 3.63) is 22.4 Å². The van der Waals surface area contributed by atoms with Crippen LogP contribution in [0.3, 0.4) is 0 Å². The van der Waals surface area contributed by atoms with E-state index < -0.39 is 0 Å². The van der Waals surface area contributed by atoms with E-state index in [0.717, 1.165) is 12.5 Å². The Morgan fingerprint density at radius 2 is 2.33 bits per heavy atom. The van der Waals surface area contributed by atoms with Gasteiger partial charge in [0.15, 0.2) is 0 Å². The fourth-order valence-electron chi connectivity index (χ4n) is 3.93. The molecule has 21 heavy (non-hydrogen) atoms. The molecule has 1 aromatic heterocycles. The van der Waals surface area contributed by atoms with Crippen LogP contribution in [-0.2, 0) is 0 Å². The summed E-state index contributed by atoms with van der Waals surface area (Å²) in [6, 6.07) is 4.97. The summed E-state index contributed by atoms with van der Waals surface area (Å²) in [5, 5.41) is 5.83. The molecule has 1 saturated carbocycles. The summed E-state index contributed by atoms with van der Waals surface area (Å²) >= 11 is 1.88. The lowest BCUT2D eigenvalue weighted by molar-refractivity contribution is 0.0769. The van der Waals surface area contributed by atoms with Gasteiger partial charge in [0.25, 0.3) is 0 Å². The second-order valence-corrected chi connectivity index (χ2v) is 8.07. The SMILES string of the molecule is CCNCC1(CN(C)C(C)c2cccs2)CCCC(C)C1. The van der Waals surface area contributed by atoms with Gasteiger partial charge in [-0.2, -0.15) is 0 Å². The van der Waals surface area contributed by atoms with E-state index in [4.69, 9.17) is 0 Å². The fraction of sp³-hybridized carbons (Fsp3) is 0.778. The van der Waals surface area contributed by atoms with E-state index in [1.165, 1.54) is 43.6 Å². The minimum Gasteiger partial charge on any atom is -0.316 e. The highest BCUT2D eigenvalue weighted by Crippen LogP contribution is 2.40. The second-order valence-electron chi connectivity index (χ2n) is 7.09. The van der Waals surface area contributed by atoms with Gasteiger partial charge in [-0.1, -0.05) is 32.8 Å². The predicted molar refractivity (Wildman–Crippen MR) is 94.0 cm³/mol. The molecule has 1 aliphatic rings. The average Bonchev–Trinajstić information content (AvgIpc) is 2.98. The van der Waals surface area contributed by atoms with E-state index >= 15 is 0 Å². The van der Waals surface area contributed by atoms with Crippen LogP contribution in [0.4, 0.5) is 0 Å². The van der Waals surface area contributed by atoms with Crippen molar-refractivity contribution in [2.24, 2.45) is 11.3 Å². The van der Waals surface area contributed by atoms with Gasteiger partial charge in [0.05, 0.1) is 0 Å². The van der Waals surface area contributed by atoms with Crippen LogP contribution in [0.25, 0.3) is 0 Å². The minimum atomic E-state index is 0.466. The third kappa shape index (κ3) is 4.54. The Bertz CT molecular complexity index is 403. The molecule has 3 atom stereocenters. The molecule has 1 aromatic rings. The van der Waals surface area contributed by atoms with Gasteiger partial charge in [0.1, 0.15) is 0 Å². The van der Waals surface area contributed by atoms with Gasteiger partial charge >= 0.3 is 0 Å². The molecule has 1 N–H and O–H groups in total. The highest BCUT2D eigenvalue weighted by molar-refractivity contribution is 7.10. The molecule has 2 nitrogen and oxygen atoms in total. The zero-order valence-corrected chi connectivity index (χ0v) is 15.0. The Labute approximate surface area is 134 Å². The number of nitrogens with one attached hydrogen (secondary N) is 1. The second kappa shape index (κ2) is 7.75. The number of thiophene rings is 1. The Kier molecular flexibility index (Phi) is 6.27. The Hall–Kier alpha value is -0.380. The molecule has 1 aliphatic carbocycles. The van der Waals surface area contributed by atoms with Crippen LogP contribution in [0.2, 0.25) is 0 Å². The van der Waals surface area contributed by atoms with Gasteiger partial charge in [-0.25, -0.2) is 0 Å². The van der Waals surface area contributed by atoms with Crippen molar-refractivity contribution < 1.29 is 0 Å². The van der Waals surface area contributed by atoms with E-state index in [1.54, 1.807) is 0 Å². The molecule has 0 radical (unpaired) electrons. The maximum atomic E-state index is 3.63. The van der Waals surface area contributed by atoms with E-state index in [0.29, 0.717) is 11.5 Å². The molecule has 0 aromatic carbocycles. The monoisotopic (exact) mass is 308 g/mol. The Morgan fingerprint density at radius 1 is 1.52 bits per heavy atom. The van der Waals surface area contributed by atoms with Crippen LogP contribution in [0.1, 0.15) is 57.4 Å². The zero-order chi connectivity index (χ0) is 15.3. The third-order valence-corrected chi connectivity index (χ3v) is 6.18. The lowest BCUT2D eigenvalue weighted by Gasteiger charge is -2.44. The first-order valence-electron chi connectivity index (χ1n) is 8.51. The van der Waals surface area contributed by atoms with Crippen molar-refractivity contribution in [3.8, 4) is 0 Å². The van der Waals surface area contributed by atoms with Crippen LogP contribution in [0, 0.1) is 11.3 Å². The number of rotatable bonds is 7. The van der Waals surface area contributed by atoms with E-state index in [2.05, 4.69) is 55.5 Å². The summed E-state index contributed by atoms with van der Waals surface area (Å²) in [5.74, 6) is 0.878. The van der Waals surface area contributed by atoms with Crippen LogP contribution < -0.4 is 5.32 Å². The quantitative estimate of drug-likeness (QED) is 0.795. The third-order valence-electron chi connectivity index (χ3n) is 5.14. The van der Waals surface area contributed by atoms with Crippen molar-refractivity contribution in [1.29, 1.82) is 0 Å². The molecule has 0 saturated heterocycles. The van der Waals surface area contributed by atoms with Crippen molar-refractivity contribution in [1.82, 2.24) is 10.2 Å². The van der Waals surface area contributed by atoms with Crippen molar-refractivity contribution in [3.63, 3.8) is 0 Å². The molecule has 0 bridgehead atoms. The summed E-state index contributed by atoms with van der Waals surface area (Å²) < 4.78 is 0. The predicted octanol–water partition coefficient (Wildman–Crippen LogP) is 4.55. The topological polar surface area (TPSA) is 15.3 Å². The molecule has 3 unspecified atom stereocenters. The van der Waals surface area contributed by atoms with Crippen LogP contribution in [0.15, 0.2) is 17.5 Å². The normalized spacial score (nSPS) is 28.0. The van der Waals surface area contributed by atoms with Gasteiger partial charge in [-0.05, 0) is 56.1 Å². The molecule has 0 aliphatic heterocycles. The molecule has 2 rings (SSSR count). The van der Waals surface area contributed by atoms with Gasteiger partial charge < -0.3 is 5.32 Å². The van der Waals surface area contributed by atoms with Gasteiger partial charge in [-0.3, -0.25) is 4.90 Å². The van der Waals surface area contributed by atoms with Crippen LogP contribution in [-0.4, -0.2) is 31.6 Å². The maximum Gasteiger partial charge on any atom is 0.0410 e. The Morgan fingerprint density at radius 3 is 2.95 bits per heavy atom. The molecular formula is C18H32N2S. The highest BCUT2D eigenvalue weighted by atomic mass is 32.1. The fourth-order valence-corrected chi connectivity index (χ4v) is 4.78. The van der Waals surface area contributed by atoms with Gasteiger partial charge in [0, 0.05) is 24.0 Å². The average molecular weight is 309 g/mol. The number of hydrogen-bond donors (Lipinski definition) is 1. The largest absolute Gasteiger partial charge is 0.316 e. The Balaban J connectivity index is 2.03. The summed E-state index contributed by atoms with van der Waals surface area (Å²) in [5.41, 5.74) is 0.466. The summed E-state index contributed by atoms with van der Waals surface area (Å²) in [4.78, 5) is 4.06. The van der Waals surface area contributed by atoms with Gasteiger partial charge in [0.2, 0.25) is 0 Å².